The summed E-state index contributed by atoms with van der Waals surface area (Å²) in [7, 11) is -3.42. The molecule has 0 radical (unpaired) electrons. The number of aliphatic hydroxyl groups excluding tert-OH is 1. The molecule has 0 saturated carbocycles. The van der Waals surface area contributed by atoms with Crippen LogP contribution in [0, 0.1) is 0 Å². The Hall–Kier alpha value is -0.740. The minimum atomic E-state index is -3.42. The molecule has 9 heteroatoms. The third-order valence-electron chi connectivity index (χ3n) is 4.37. The summed E-state index contributed by atoms with van der Waals surface area (Å²) in [6, 6.07) is 0. The summed E-state index contributed by atoms with van der Waals surface area (Å²) >= 11 is 0. The van der Waals surface area contributed by atoms with Crippen molar-refractivity contribution in [3.05, 3.63) is 0 Å². The van der Waals surface area contributed by atoms with Crippen molar-refractivity contribution in [1.82, 2.24) is 14.5 Å². The second kappa shape index (κ2) is 6.79. The van der Waals surface area contributed by atoms with Crippen molar-refractivity contribution >= 4 is 15.9 Å². The number of carbonyl (C=O) groups is 1. The van der Waals surface area contributed by atoms with E-state index in [1.165, 1.54) is 0 Å². The molecule has 1 amide bonds. The van der Waals surface area contributed by atoms with E-state index in [1.54, 1.807) is 4.90 Å². The minimum absolute atomic E-state index is 0.0457. The van der Waals surface area contributed by atoms with Crippen LogP contribution in [0.3, 0.4) is 0 Å². The van der Waals surface area contributed by atoms with E-state index in [0.29, 0.717) is 6.54 Å². The van der Waals surface area contributed by atoms with Crippen LogP contribution in [0.4, 0.5) is 0 Å². The van der Waals surface area contributed by atoms with E-state index in [-0.39, 0.29) is 32.0 Å². The van der Waals surface area contributed by atoms with Crippen molar-refractivity contribution in [1.29, 1.82) is 0 Å². The summed E-state index contributed by atoms with van der Waals surface area (Å²) in [5.41, 5.74) is -1.49. The SMILES string of the molecule is CS(=O)(=O)NC[C@]1(O)CCN(CC(=O)N2CCCC2)C[C@H]1O. The van der Waals surface area contributed by atoms with Crippen LogP contribution in [0.15, 0.2) is 0 Å². The van der Waals surface area contributed by atoms with E-state index >= 15 is 0 Å². The van der Waals surface area contributed by atoms with Crippen LogP contribution in [0.5, 0.6) is 0 Å². The van der Waals surface area contributed by atoms with E-state index < -0.39 is 21.7 Å². The van der Waals surface area contributed by atoms with E-state index in [9.17, 15) is 23.4 Å². The Kier molecular flexibility index (Phi) is 5.44. The minimum Gasteiger partial charge on any atom is -0.389 e. The number of rotatable bonds is 5. The van der Waals surface area contributed by atoms with Crippen molar-refractivity contribution in [3.63, 3.8) is 0 Å². The molecule has 0 spiro atoms. The summed E-state index contributed by atoms with van der Waals surface area (Å²) in [5, 5.41) is 20.5. The van der Waals surface area contributed by atoms with Gasteiger partial charge >= 0.3 is 0 Å². The third kappa shape index (κ3) is 4.63. The molecule has 0 bridgehead atoms. The second-order valence-corrected chi connectivity index (χ2v) is 8.12. The van der Waals surface area contributed by atoms with Gasteiger partial charge in [-0.05, 0) is 19.3 Å². The average Bonchev–Trinajstić information content (AvgIpc) is 2.94. The van der Waals surface area contributed by atoms with Gasteiger partial charge in [-0.2, -0.15) is 0 Å². The molecule has 0 aliphatic carbocycles. The van der Waals surface area contributed by atoms with Gasteiger partial charge < -0.3 is 15.1 Å². The van der Waals surface area contributed by atoms with Gasteiger partial charge in [-0.3, -0.25) is 9.69 Å². The van der Waals surface area contributed by atoms with Crippen LogP contribution in [0.2, 0.25) is 0 Å². The first-order chi connectivity index (χ1) is 10.2. The Morgan fingerprint density at radius 3 is 2.50 bits per heavy atom. The number of nitrogens with zero attached hydrogens (tertiary/aromatic N) is 2. The van der Waals surface area contributed by atoms with Gasteiger partial charge in [-0.1, -0.05) is 0 Å². The van der Waals surface area contributed by atoms with Crippen LogP contribution in [-0.4, -0.2) is 91.6 Å². The lowest BCUT2D eigenvalue weighted by atomic mass is 9.89. The largest absolute Gasteiger partial charge is 0.389 e. The van der Waals surface area contributed by atoms with Crippen molar-refractivity contribution in [2.24, 2.45) is 0 Å². The zero-order valence-electron chi connectivity index (χ0n) is 12.9. The molecular weight excluding hydrogens is 310 g/mol. The van der Waals surface area contributed by atoms with Crippen LogP contribution in [0.25, 0.3) is 0 Å². The molecule has 2 rings (SSSR count). The number of nitrogens with one attached hydrogen (secondary N) is 1. The number of amides is 1. The lowest BCUT2D eigenvalue weighted by Gasteiger charge is -2.42. The van der Waals surface area contributed by atoms with Crippen LogP contribution < -0.4 is 4.72 Å². The van der Waals surface area contributed by atoms with Crippen LogP contribution in [-0.2, 0) is 14.8 Å². The predicted octanol–water partition coefficient (Wildman–Crippen LogP) is -2.04. The maximum atomic E-state index is 12.1. The molecule has 8 nitrogen and oxygen atoms in total. The highest BCUT2D eigenvalue weighted by Gasteiger charge is 2.41. The van der Waals surface area contributed by atoms with Gasteiger partial charge in [0.25, 0.3) is 0 Å². The average molecular weight is 335 g/mol. The molecule has 22 heavy (non-hydrogen) atoms. The molecule has 0 aromatic heterocycles. The fourth-order valence-electron chi connectivity index (χ4n) is 2.89. The Balaban J connectivity index is 1.84. The van der Waals surface area contributed by atoms with Crippen molar-refractivity contribution in [2.45, 2.75) is 31.0 Å². The Bertz CT molecular complexity index is 506. The molecule has 2 saturated heterocycles. The quantitative estimate of drug-likeness (QED) is 0.534. The van der Waals surface area contributed by atoms with E-state index in [2.05, 4.69) is 4.72 Å². The fourth-order valence-corrected chi connectivity index (χ4v) is 3.40. The normalized spacial score (nSPS) is 30.7. The number of piperidine rings is 1. The van der Waals surface area contributed by atoms with Gasteiger partial charge in [0.2, 0.25) is 15.9 Å². The molecule has 0 aromatic carbocycles. The second-order valence-electron chi connectivity index (χ2n) is 6.29. The molecule has 0 unspecified atom stereocenters. The van der Waals surface area contributed by atoms with Crippen LogP contribution >= 0.6 is 0 Å². The van der Waals surface area contributed by atoms with Crippen LogP contribution in [0.1, 0.15) is 19.3 Å². The molecular formula is C13H25N3O5S. The topological polar surface area (TPSA) is 110 Å². The van der Waals surface area contributed by atoms with Gasteiger partial charge in [-0.25, -0.2) is 13.1 Å². The van der Waals surface area contributed by atoms with E-state index in [4.69, 9.17) is 0 Å². The monoisotopic (exact) mass is 335 g/mol. The fraction of sp³-hybridized carbons (Fsp3) is 0.923. The van der Waals surface area contributed by atoms with Crippen molar-refractivity contribution < 1.29 is 23.4 Å². The summed E-state index contributed by atoms with van der Waals surface area (Å²) in [6.07, 6.45) is 2.19. The molecule has 0 aromatic rings. The molecule has 2 heterocycles. The molecule has 2 aliphatic heterocycles. The zero-order valence-corrected chi connectivity index (χ0v) is 13.7. The predicted molar refractivity (Wildman–Crippen MR) is 80.7 cm³/mol. The van der Waals surface area contributed by atoms with Gasteiger partial charge in [0, 0.05) is 32.7 Å². The highest BCUT2D eigenvalue weighted by Crippen LogP contribution is 2.22. The first-order valence-corrected chi connectivity index (χ1v) is 9.44. The first-order valence-electron chi connectivity index (χ1n) is 7.55. The number of hydrogen-bond donors (Lipinski definition) is 3. The van der Waals surface area contributed by atoms with Gasteiger partial charge in [0.05, 0.1) is 18.9 Å². The van der Waals surface area contributed by atoms with Gasteiger partial charge in [-0.15, -0.1) is 0 Å². The van der Waals surface area contributed by atoms with Gasteiger partial charge in [0.15, 0.2) is 0 Å². The third-order valence-corrected chi connectivity index (χ3v) is 5.04. The highest BCUT2D eigenvalue weighted by atomic mass is 32.2. The molecule has 2 fully saturated rings. The molecule has 2 aliphatic rings. The lowest BCUT2D eigenvalue weighted by Crippen LogP contribution is -2.61. The Morgan fingerprint density at radius 1 is 1.32 bits per heavy atom. The number of carbonyl (C=O) groups excluding carboxylic acids is 1. The molecule has 3 N–H and O–H groups in total. The number of aliphatic hydroxyl groups is 2. The molecule has 2 atom stereocenters. The maximum Gasteiger partial charge on any atom is 0.236 e. The lowest BCUT2D eigenvalue weighted by molar-refractivity contribution is -0.138. The standard InChI is InChI=1S/C13H25N3O5S/c1-22(20,21)14-10-13(19)4-7-15(8-11(13)17)9-12(18)16-5-2-3-6-16/h11,14,17,19H,2-10H2,1H3/t11-,13-/m1/s1. The first kappa shape index (κ1) is 17.6. The highest BCUT2D eigenvalue weighted by molar-refractivity contribution is 7.88. The Labute approximate surface area is 131 Å². The summed E-state index contributed by atoms with van der Waals surface area (Å²) in [4.78, 5) is 15.7. The summed E-state index contributed by atoms with van der Waals surface area (Å²) in [6.45, 7) is 2.18. The zero-order chi connectivity index (χ0) is 16.4. The summed E-state index contributed by atoms with van der Waals surface area (Å²) < 4.78 is 24.5. The van der Waals surface area contributed by atoms with Gasteiger partial charge in [0.1, 0.15) is 5.60 Å². The van der Waals surface area contributed by atoms with E-state index in [0.717, 1.165) is 32.2 Å². The number of β-amino-alcohol motifs (C(OH)–C–C–N with tert-alkyl or cyclic N) is 1. The summed E-state index contributed by atoms with van der Waals surface area (Å²) in [5.74, 6) is 0.0457. The maximum absolute atomic E-state index is 12.1. The van der Waals surface area contributed by atoms with Crippen molar-refractivity contribution in [2.75, 3.05) is 45.5 Å². The number of sulfonamides is 1. The Morgan fingerprint density at radius 2 is 1.95 bits per heavy atom. The smallest absolute Gasteiger partial charge is 0.236 e. The van der Waals surface area contributed by atoms with E-state index in [1.807, 2.05) is 4.90 Å². The van der Waals surface area contributed by atoms with Crippen molar-refractivity contribution in [3.8, 4) is 0 Å². The number of hydrogen-bond acceptors (Lipinski definition) is 6. The molecule has 128 valence electrons. The number of likely N-dealkylation sites (tertiary alicyclic amines) is 2.